The molecule has 6 rings (SSSR count). The molecule has 0 atom stereocenters. The van der Waals surface area contributed by atoms with Crippen LogP contribution in [0.15, 0.2) is 107 Å². The number of azo groups is 2. The number of anilines is 2. The van der Waals surface area contributed by atoms with Crippen molar-refractivity contribution < 1.29 is 83.4 Å². The Hall–Kier alpha value is -7.91. The highest BCUT2D eigenvalue weighted by molar-refractivity contribution is 7.86. The van der Waals surface area contributed by atoms with Gasteiger partial charge in [0.05, 0.1) is 31.7 Å². The molecule has 0 aliphatic heterocycles. The quantitative estimate of drug-likeness (QED) is 0.0192. The molecular weight excluding hydrogens is 983 g/mol. The second-order valence-corrected chi connectivity index (χ2v) is 18.0. The number of aromatic nitrogens is 2. The Bertz CT molecular complexity index is 3440. The number of ether oxygens (including phenoxy) is 3. The topological polar surface area (TPSA) is 430 Å². The van der Waals surface area contributed by atoms with Gasteiger partial charge in [-0.05, 0) is 71.6 Å². The molecule has 0 amide bonds. The SMILES string of the molecule is COc1cc(S(=O)(=O)O)c(C)cc1NNc1c(C(=O)O)nn(-c2ccc3c(O)c(N=Nc4cc(OCCO)c(N=Nc5ccc(N=O)cc5S(=O)(=O)O)cc4OCCO)c(S(=O)(=O)O)cc3c2)c1O. The number of methoxy groups -OCH3 is 1. The summed E-state index contributed by atoms with van der Waals surface area (Å²) in [6.07, 6.45) is 0. The maximum absolute atomic E-state index is 12.8. The van der Waals surface area contributed by atoms with Crippen LogP contribution in [0.3, 0.4) is 0 Å². The van der Waals surface area contributed by atoms with Crippen molar-refractivity contribution in [1.82, 2.24) is 9.78 Å². The average molecular weight is 1020 g/mol. The van der Waals surface area contributed by atoms with E-state index in [4.69, 9.17) is 14.2 Å². The van der Waals surface area contributed by atoms with Gasteiger partial charge in [0.1, 0.15) is 73.6 Å². The van der Waals surface area contributed by atoms with Gasteiger partial charge in [-0.15, -0.1) is 25.4 Å². The molecule has 0 aliphatic rings. The highest BCUT2D eigenvalue weighted by Gasteiger charge is 2.27. The molecule has 0 saturated carbocycles. The molecule has 0 unspecified atom stereocenters. The first-order valence-electron chi connectivity index (χ1n) is 18.9. The van der Waals surface area contributed by atoms with E-state index in [0.717, 1.165) is 53.2 Å². The average Bonchev–Trinajstić information content (AvgIpc) is 3.63. The summed E-state index contributed by atoms with van der Waals surface area (Å²) in [5.74, 6) is -4.00. The van der Waals surface area contributed by atoms with Crippen LogP contribution in [0, 0.1) is 11.8 Å². The molecule has 0 spiro atoms. The van der Waals surface area contributed by atoms with Gasteiger partial charge in [-0.2, -0.15) is 35.0 Å². The Morgan fingerprint density at radius 2 is 1.30 bits per heavy atom. The number of hydrogen-bond acceptors (Lipinski definition) is 23. The second-order valence-electron chi connectivity index (χ2n) is 13.8. The number of benzene rings is 5. The lowest BCUT2D eigenvalue weighted by atomic mass is 10.1. The van der Waals surface area contributed by atoms with Crippen LogP contribution in [0.1, 0.15) is 16.1 Å². The monoisotopic (exact) mass is 1020 g/mol. The molecule has 5 aromatic carbocycles. The number of aromatic carboxylic acids is 1. The molecule has 0 fully saturated rings. The molecule has 364 valence electrons. The van der Waals surface area contributed by atoms with E-state index in [0.29, 0.717) is 0 Å². The second kappa shape index (κ2) is 20.1. The molecule has 0 radical (unpaired) electrons. The maximum Gasteiger partial charge on any atom is 0.358 e. The molecule has 6 aromatic rings. The number of fused-ring (bicyclic) bond motifs is 1. The van der Waals surface area contributed by atoms with Crippen LogP contribution in [0.2, 0.25) is 0 Å². The van der Waals surface area contributed by atoms with Crippen molar-refractivity contribution >= 4 is 86.9 Å². The van der Waals surface area contributed by atoms with Gasteiger partial charge in [0.2, 0.25) is 5.88 Å². The van der Waals surface area contributed by atoms with E-state index in [1.165, 1.54) is 32.2 Å². The van der Waals surface area contributed by atoms with E-state index in [-0.39, 0.29) is 68.6 Å². The number of hydrazine groups is 1. The molecule has 10 N–H and O–H groups in total. The van der Waals surface area contributed by atoms with Gasteiger partial charge >= 0.3 is 5.97 Å². The molecule has 28 nitrogen and oxygen atoms in total. The number of nitrogens with one attached hydrogen (secondary N) is 2. The third-order valence-corrected chi connectivity index (χ3v) is 12.1. The minimum atomic E-state index is -5.28. The van der Waals surface area contributed by atoms with Crippen LogP contribution in [0.5, 0.6) is 28.9 Å². The molecule has 1 heterocycles. The Morgan fingerprint density at radius 1 is 0.710 bits per heavy atom. The van der Waals surface area contributed by atoms with Gasteiger partial charge in [-0.1, -0.05) is 0 Å². The smallest absolute Gasteiger partial charge is 0.358 e. The van der Waals surface area contributed by atoms with E-state index in [9.17, 15) is 74.1 Å². The number of nitrogens with zero attached hydrogens (tertiary/aromatic N) is 7. The maximum atomic E-state index is 12.8. The van der Waals surface area contributed by atoms with Gasteiger partial charge in [-0.25, -0.2) is 4.79 Å². The number of phenols is 1. The first-order valence-corrected chi connectivity index (χ1v) is 23.3. The Balaban J connectivity index is 1.41. The number of carboxylic acid groups (broad SMARTS) is 1. The number of aliphatic hydroxyl groups excluding tert-OH is 2. The fourth-order valence-corrected chi connectivity index (χ4v) is 8.28. The predicted octanol–water partition coefficient (Wildman–Crippen LogP) is 5.60. The van der Waals surface area contributed by atoms with Crippen molar-refractivity contribution in [3.05, 3.63) is 82.9 Å². The van der Waals surface area contributed by atoms with Gasteiger partial charge in [0.25, 0.3) is 30.4 Å². The summed E-state index contributed by atoms with van der Waals surface area (Å²) in [5.41, 5.74) is 1.52. The largest absolute Gasteiger partial charge is 0.505 e. The summed E-state index contributed by atoms with van der Waals surface area (Å²) in [5, 5.41) is 73.5. The van der Waals surface area contributed by atoms with Gasteiger partial charge < -0.3 is 39.7 Å². The Labute approximate surface area is 388 Å². The van der Waals surface area contributed by atoms with E-state index >= 15 is 0 Å². The molecule has 69 heavy (non-hydrogen) atoms. The fourth-order valence-electron chi connectivity index (χ4n) is 6.26. The molecule has 31 heteroatoms. The normalized spacial score (nSPS) is 12.2. The summed E-state index contributed by atoms with van der Waals surface area (Å²) >= 11 is 0. The van der Waals surface area contributed by atoms with E-state index in [1.807, 2.05) is 0 Å². The lowest BCUT2D eigenvalue weighted by Crippen LogP contribution is -2.13. The number of nitroso groups, excluding NO2 is 1. The zero-order valence-electron chi connectivity index (χ0n) is 35.1. The zero-order valence-corrected chi connectivity index (χ0v) is 37.6. The summed E-state index contributed by atoms with van der Waals surface area (Å²) in [6.45, 7) is -0.512. The van der Waals surface area contributed by atoms with E-state index in [1.54, 1.807) is 0 Å². The molecule has 1 aromatic heterocycles. The summed E-state index contributed by atoms with van der Waals surface area (Å²) in [6, 6.07) is 11.6. The number of hydrogen-bond donors (Lipinski definition) is 10. The lowest BCUT2D eigenvalue weighted by Gasteiger charge is -2.15. The van der Waals surface area contributed by atoms with Crippen LogP contribution in [0.4, 0.5) is 39.8 Å². The minimum Gasteiger partial charge on any atom is -0.505 e. The van der Waals surface area contributed by atoms with Gasteiger partial charge in [0, 0.05) is 23.6 Å². The van der Waals surface area contributed by atoms with Gasteiger partial charge in [-0.3, -0.25) is 24.5 Å². The zero-order chi connectivity index (χ0) is 50.6. The van der Waals surface area contributed by atoms with Crippen LogP contribution in [-0.4, -0.2) is 114 Å². The molecule has 0 aliphatic carbocycles. The number of phenolic OH excluding ortho intramolecular Hbond substituents is 1. The fraction of sp³-hybridized carbons (Fsp3) is 0.158. The van der Waals surface area contributed by atoms with E-state index in [2.05, 4.69) is 41.6 Å². The first kappa shape index (κ1) is 50.5. The van der Waals surface area contributed by atoms with Crippen LogP contribution >= 0.6 is 0 Å². The van der Waals surface area contributed by atoms with Crippen molar-refractivity contribution in [2.75, 3.05) is 44.4 Å². The van der Waals surface area contributed by atoms with Crippen LogP contribution in [0.25, 0.3) is 16.5 Å². The number of carbonyl (C=O) groups is 1. The number of aryl methyl sites for hydroxylation is 1. The summed E-state index contributed by atoms with van der Waals surface area (Å²) in [7, 11) is -13.7. The third kappa shape index (κ3) is 11.1. The van der Waals surface area contributed by atoms with Crippen molar-refractivity contribution in [2.24, 2.45) is 25.6 Å². The Kier molecular flexibility index (Phi) is 14.7. The number of aromatic hydroxyl groups is 2. The van der Waals surface area contributed by atoms with Crippen molar-refractivity contribution in [3.8, 4) is 34.6 Å². The summed E-state index contributed by atoms with van der Waals surface area (Å²) in [4.78, 5) is 20.9. The lowest BCUT2D eigenvalue weighted by molar-refractivity contribution is 0.0690. The molecule has 0 saturated heterocycles. The summed E-state index contributed by atoms with van der Waals surface area (Å²) < 4.78 is 120. The standard InChI is InChI=1S/C38H35N9O19S3/c1-18-11-24(27(64-2)17-30(18)67(55,56)57)41-44-34-35(38(52)53)45-47(37(34)51)21-4-5-22-19(12-21)13-32(69(61,62)63)33(36(22)50)43-42-26-16-28(65-9-7-48)25(15-29(26)66-10-8-49)40-39-23-6-3-20(46-54)14-31(23)68(58,59)60/h3-6,11-17,41,44,48-51H,7-10H2,1-2H3,(H,52,53)(H,55,56,57)(H,58,59,60)(H,61,62,63). The Morgan fingerprint density at radius 3 is 1.86 bits per heavy atom. The number of aliphatic hydroxyl groups is 2. The van der Waals surface area contributed by atoms with Gasteiger partial charge in [0.15, 0.2) is 17.1 Å². The van der Waals surface area contributed by atoms with E-state index < -0.39 is 105 Å². The number of rotatable bonds is 20. The van der Waals surface area contributed by atoms with Crippen LogP contribution in [-0.2, 0) is 30.4 Å². The highest BCUT2D eigenvalue weighted by Crippen LogP contribution is 2.46. The first-order chi connectivity index (χ1) is 32.5. The van der Waals surface area contributed by atoms with Crippen LogP contribution < -0.4 is 25.1 Å². The van der Waals surface area contributed by atoms with Crippen molar-refractivity contribution in [3.63, 3.8) is 0 Å². The highest BCUT2D eigenvalue weighted by atomic mass is 32.2. The number of carboxylic acids is 1. The molecule has 0 bridgehead atoms. The van der Waals surface area contributed by atoms with Crippen molar-refractivity contribution in [2.45, 2.75) is 21.6 Å². The third-order valence-electron chi connectivity index (χ3n) is 9.31. The predicted molar refractivity (Wildman–Crippen MR) is 238 cm³/mol. The molecular formula is C38H35N9O19S3. The van der Waals surface area contributed by atoms with Crippen molar-refractivity contribution in [1.29, 1.82) is 0 Å². The minimum absolute atomic E-state index is 0.0263.